The zero-order valence-electron chi connectivity index (χ0n) is 24.0. The first kappa shape index (κ1) is 29.3. The molecule has 1 amide bonds. The van der Waals surface area contributed by atoms with E-state index >= 15 is 0 Å². The number of hydrogen-bond donors (Lipinski definition) is 1. The van der Waals surface area contributed by atoms with Gasteiger partial charge in [0.1, 0.15) is 22.7 Å². The van der Waals surface area contributed by atoms with Gasteiger partial charge in [-0.15, -0.1) is 0 Å². The molecule has 45 heavy (non-hydrogen) atoms. The first-order chi connectivity index (χ1) is 22.0. The summed E-state index contributed by atoms with van der Waals surface area (Å²) in [6.45, 7) is 0. The van der Waals surface area contributed by atoms with Crippen molar-refractivity contribution < 1.29 is 14.5 Å². The minimum Gasteiger partial charge on any atom is -0.497 e. The Morgan fingerprint density at radius 1 is 0.933 bits per heavy atom. The van der Waals surface area contributed by atoms with E-state index in [0.29, 0.717) is 10.7 Å². The van der Waals surface area contributed by atoms with Gasteiger partial charge in [0.25, 0.3) is 5.69 Å². The van der Waals surface area contributed by atoms with Crippen molar-refractivity contribution in [3.8, 4) is 33.8 Å². The van der Waals surface area contributed by atoms with E-state index in [-0.39, 0.29) is 22.9 Å². The van der Waals surface area contributed by atoms with Crippen LogP contribution < -0.4 is 10.2 Å². The van der Waals surface area contributed by atoms with Crippen molar-refractivity contribution in [3.63, 3.8) is 0 Å². The number of fused-ring (bicyclic) bond motifs is 1. The summed E-state index contributed by atoms with van der Waals surface area (Å²) in [5.41, 5.74) is 8.06. The maximum absolute atomic E-state index is 12.9. The fraction of sp³-hybridized carbons (Fsp3) is 0.0588. The van der Waals surface area contributed by atoms with Crippen LogP contribution in [0.1, 0.15) is 5.56 Å². The number of nitro groups is 1. The van der Waals surface area contributed by atoms with E-state index in [0.717, 1.165) is 39.2 Å². The van der Waals surface area contributed by atoms with Crippen LogP contribution in [0.3, 0.4) is 0 Å². The zero-order chi connectivity index (χ0) is 31.2. The number of benzene rings is 4. The van der Waals surface area contributed by atoms with E-state index < -0.39 is 4.92 Å². The van der Waals surface area contributed by atoms with Crippen LogP contribution >= 0.6 is 11.8 Å². The summed E-state index contributed by atoms with van der Waals surface area (Å²) in [5.74, 6) is 0.352. The van der Waals surface area contributed by atoms with Crippen LogP contribution in [0.15, 0.2) is 126 Å². The third kappa shape index (κ3) is 6.15. The van der Waals surface area contributed by atoms with Gasteiger partial charge in [-0.25, -0.2) is 15.4 Å². The number of carbonyl (C=O) groups excluding carboxylic acids is 1. The maximum atomic E-state index is 12.9. The zero-order valence-corrected chi connectivity index (χ0v) is 24.8. The Labute approximate surface area is 262 Å². The number of carbonyl (C=O) groups is 1. The minimum atomic E-state index is -0.495. The van der Waals surface area contributed by atoms with Crippen molar-refractivity contribution in [1.82, 2.24) is 20.0 Å². The number of rotatable bonds is 10. The monoisotopic (exact) mass is 614 g/mol. The number of thioether (sulfide) groups is 1. The Morgan fingerprint density at radius 3 is 2.29 bits per heavy atom. The van der Waals surface area contributed by atoms with Gasteiger partial charge in [-0.3, -0.25) is 19.5 Å². The Balaban J connectivity index is 1.42. The molecule has 6 aromatic rings. The van der Waals surface area contributed by atoms with E-state index in [1.807, 2.05) is 72.8 Å². The largest absolute Gasteiger partial charge is 0.497 e. The van der Waals surface area contributed by atoms with Crippen molar-refractivity contribution in [2.75, 3.05) is 12.9 Å². The molecule has 222 valence electrons. The molecule has 0 atom stereocenters. The number of aromatic nitrogens is 3. The minimum absolute atomic E-state index is 0.00293. The molecular formula is C34H26N6O4S. The number of nitrogens with zero attached hydrogens (tertiary/aromatic N) is 5. The Morgan fingerprint density at radius 2 is 1.60 bits per heavy atom. The predicted molar refractivity (Wildman–Crippen MR) is 176 cm³/mol. The average molecular weight is 615 g/mol. The summed E-state index contributed by atoms with van der Waals surface area (Å²) in [6.07, 6.45) is 2.76. The van der Waals surface area contributed by atoms with Gasteiger partial charge in [-0.2, -0.15) is 5.10 Å². The molecule has 0 aliphatic carbocycles. The predicted octanol–water partition coefficient (Wildman–Crippen LogP) is 6.91. The number of nitrogens with one attached hydrogen (secondary N) is 1. The Hall–Kier alpha value is -5.81. The molecule has 1 N–H and O–H groups in total. The third-order valence-electron chi connectivity index (χ3n) is 7.02. The van der Waals surface area contributed by atoms with Crippen LogP contribution in [0.5, 0.6) is 5.75 Å². The highest BCUT2D eigenvalue weighted by atomic mass is 32.2. The lowest BCUT2D eigenvalue weighted by Gasteiger charge is -2.13. The second-order valence-electron chi connectivity index (χ2n) is 9.76. The lowest BCUT2D eigenvalue weighted by Crippen LogP contribution is -2.19. The topological polar surface area (TPSA) is 125 Å². The van der Waals surface area contributed by atoms with Gasteiger partial charge in [0, 0.05) is 17.3 Å². The molecule has 2 aromatic heterocycles. The van der Waals surface area contributed by atoms with Gasteiger partial charge in [-0.05, 0) is 41.5 Å². The van der Waals surface area contributed by atoms with Gasteiger partial charge < -0.3 is 4.74 Å². The first-order valence-corrected chi connectivity index (χ1v) is 14.9. The fourth-order valence-electron chi connectivity index (χ4n) is 5.04. The van der Waals surface area contributed by atoms with Crippen LogP contribution in [0.2, 0.25) is 0 Å². The quantitative estimate of drug-likeness (QED) is 0.0584. The standard InChI is InChI=1S/C34H26N6O4S/c1-44-27-18-16-26(17-19-27)39-32(24-12-6-3-7-13-24)30(23-10-4-2-5-11-23)31-33(39)35-22-36-34(31)45-21-29(41)38-37-20-25-14-8-9-15-28(25)40(42)43/h2-20,22H,21H2,1H3,(H,38,41)/b37-20-. The van der Waals surface area contributed by atoms with Gasteiger partial charge in [0.15, 0.2) is 0 Å². The van der Waals surface area contributed by atoms with Crippen molar-refractivity contribution in [2.45, 2.75) is 5.03 Å². The molecule has 0 bridgehead atoms. The lowest BCUT2D eigenvalue weighted by molar-refractivity contribution is -0.385. The lowest BCUT2D eigenvalue weighted by atomic mass is 9.99. The number of para-hydroxylation sites is 1. The van der Waals surface area contributed by atoms with Crippen LogP contribution in [-0.2, 0) is 4.79 Å². The molecule has 2 heterocycles. The van der Waals surface area contributed by atoms with Crippen molar-refractivity contribution >= 4 is 40.6 Å². The second kappa shape index (κ2) is 13.2. The van der Waals surface area contributed by atoms with Crippen LogP contribution in [-0.4, -0.2) is 44.4 Å². The van der Waals surface area contributed by atoms with Gasteiger partial charge in [-0.1, -0.05) is 84.6 Å². The van der Waals surface area contributed by atoms with Crippen molar-refractivity contribution in [1.29, 1.82) is 0 Å². The smallest absolute Gasteiger partial charge is 0.278 e. The third-order valence-corrected chi connectivity index (χ3v) is 8.01. The average Bonchev–Trinajstić information content (AvgIpc) is 3.44. The molecule has 0 aliphatic rings. The van der Waals surface area contributed by atoms with E-state index in [1.54, 1.807) is 25.3 Å². The summed E-state index contributed by atoms with van der Waals surface area (Å²) in [7, 11) is 1.63. The molecule has 0 radical (unpaired) electrons. The molecule has 6 rings (SSSR count). The Kier molecular flexibility index (Phi) is 8.60. The number of hydrazone groups is 1. The highest BCUT2D eigenvalue weighted by molar-refractivity contribution is 8.00. The number of methoxy groups -OCH3 is 1. The summed E-state index contributed by atoms with van der Waals surface area (Å²) in [4.78, 5) is 33.0. The Bertz CT molecular complexity index is 2010. The molecule has 4 aromatic carbocycles. The van der Waals surface area contributed by atoms with Gasteiger partial charge in [0.05, 0.1) is 40.6 Å². The summed E-state index contributed by atoms with van der Waals surface area (Å²) in [6, 6.07) is 34.1. The van der Waals surface area contributed by atoms with Gasteiger partial charge >= 0.3 is 0 Å². The SMILES string of the molecule is COc1ccc(-n2c(-c3ccccc3)c(-c3ccccc3)c3c(SCC(=O)N/N=C\c4ccccc4[N+](=O)[O-])ncnc32)cc1. The fourth-order valence-corrected chi connectivity index (χ4v) is 5.83. The summed E-state index contributed by atoms with van der Waals surface area (Å²) < 4.78 is 7.52. The molecule has 0 spiro atoms. The first-order valence-electron chi connectivity index (χ1n) is 13.9. The van der Waals surface area contributed by atoms with Crippen molar-refractivity contribution in [2.24, 2.45) is 5.10 Å². The van der Waals surface area contributed by atoms with Crippen LogP contribution in [0, 0.1) is 10.1 Å². The molecule has 10 nitrogen and oxygen atoms in total. The van der Waals surface area contributed by atoms with Crippen molar-refractivity contribution in [3.05, 3.63) is 131 Å². The molecule has 0 saturated heterocycles. The number of ether oxygens (including phenoxy) is 1. The molecule has 0 fully saturated rings. The summed E-state index contributed by atoms with van der Waals surface area (Å²) >= 11 is 1.26. The highest BCUT2D eigenvalue weighted by Gasteiger charge is 2.25. The molecular weight excluding hydrogens is 588 g/mol. The van der Waals surface area contributed by atoms with Gasteiger partial charge in [0.2, 0.25) is 5.91 Å². The molecule has 0 aliphatic heterocycles. The van der Waals surface area contributed by atoms with E-state index in [1.165, 1.54) is 30.4 Å². The number of nitro benzene ring substituents is 1. The number of amides is 1. The summed E-state index contributed by atoms with van der Waals surface area (Å²) in [5, 5.41) is 16.7. The highest BCUT2D eigenvalue weighted by Crippen LogP contribution is 2.44. The molecule has 0 saturated carbocycles. The van der Waals surface area contributed by atoms with E-state index in [2.05, 4.69) is 32.2 Å². The molecule has 0 unspecified atom stereocenters. The number of hydrogen-bond acceptors (Lipinski definition) is 8. The maximum Gasteiger partial charge on any atom is 0.278 e. The van der Waals surface area contributed by atoms with E-state index in [4.69, 9.17) is 9.72 Å². The molecule has 11 heteroatoms. The van der Waals surface area contributed by atoms with E-state index in [9.17, 15) is 14.9 Å². The second-order valence-corrected chi connectivity index (χ2v) is 10.7. The van der Waals surface area contributed by atoms with Crippen LogP contribution in [0.25, 0.3) is 39.1 Å². The normalized spacial score (nSPS) is 11.1. The van der Waals surface area contributed by atoms with Crippen LogP contribution in [0.4, 0.5) is 5.69 Å².